The molecule has 1 aromatic rings. The number of amides is 1. The SMILES string of the molecule is CCCN(CC(=O)O)C(=O)c1ccccc1I. The van der Waals surface area contributed by atoms with Crippen molar-refractivity contribution in [1.29, 1.82) is 0 Å². The van der Waals surface area contributed by atoms with Gasteiger partial charge in [-0.3, -0.25) is 9.59 Å². The van der Waals surface area contributed by atoms with E-state index < -0.39 is 5.97 Å². The molecule has 1 amide bonds. The fourth-order valence-corrected chi connectivity index (χ4v) is 2.11. The Hall–Kier alpha value is -1.11. The van der Waals surface area contributed by atoms with Crippen LogP contribution in [0.3, 0.4) is 0 Å². The van der Waals surface area contributed by atoms with Crippen molar-refractivity contribution >= 4 is 34.5 Å². The molecule has 0 saturated carbocycles. The molecule has 0 bridgehead atoms. The highest BCUT2D eigenvalue weighted by atomic mass is 127. The number of aliphatic carboxylic acids is 1. The smallest absolute Gasteiger partial charge is 0.323 e. The van der Waals surface area contributed by atoms with Gasteiger partial charge in [0.2, 0.25) is 0 Å². The number of carboxylic acid groups (broad SMARTS) is 1. The minimum absolute atomic E-state index is 0.223. The number of halogens is 1. The van der Waals surface area contributed by atoms with E-state index in [9.17, 15) is 9.59 Å². The molecule has 92 valence electrons. The van der Waals surface area contributed by atoms with Gasteiger partial charge in [0.05, 0.1) is 5.56 Å². The summed E-state index contributed by atoms with van der Waals surface area (Å²) in [5.74, 6) is -1.21. The van der Waals surface area contributed by atoms with E-state index in [0.717, 1.165) is 9.99 Å². The van der Waals surface area contributed by atoms with Crippen LogP contribution >= 0.6 is 22.6 Å². The lowest BCUT2D eigenvalue weighted by molar-refractivity contribution is -0.137. The lowest BCUT2D eigenvalue weighted by Gasteiger charge is -2.20. The fraction of sp³-hybridized carbons (Fsp3) is 0.333. The second-order valence-corrected chi connectivity index (χ2v) is 4.76. The first-order valence-corrected chi connectivity index (χ1v) is 6.39. The average Bonchev–Trinajstić information content (AvgIpc) is 2.28. The Bertz CT molecular complexity index is 420. The van der Waals surface area contributed by atoms with Crippen LogP contribution in [0, 0.1) is 3.57 Å². The third-order valence-corrected chi connectivity index (χ3v) is 3.15. The molecule has 0 aliphatic carbocycles. The summed E-state index contributed by atoms with van der Waals surface area (Å²) in [6.45, 7) is 2.12. The molecule has 4 nitrogen and oxygen atoms in total. The lowest BCUT2D eigenvalue weighted by atomic mass is 10.2. The Morgan fingerprint density at radius 3 is 2.53 bits per heavy atom. The average molecular weight is 347 g/mol. The molecule has 0 radical (unpaired) electrons. The van der Waals surface area contributed by atoms with Gasteiger partial charge in [-0.05, 0) is 41.1 Å². The molecule has 17 heavy (non-hydrogen) atoms. The monoisotopic (exact) mass is 347 g/mol. The van der Waals surface area contributed by atoms with Crippen LogP contribution in [0.5, 0.6) is 0 Å². The summed E-state index contributed by atoms with van der Waals surface area (Å²) >= 11 is 2.08. The number of carboxylic acids is 1. The summed E-state index contributed by atoms with van der Waals surface area (Å²) < 4.78 is 0.835. The van der Waals surface area contributed by atoms with Gasteiger partial charge < -0.3 is 10.0 Å². The number of benzene rings is 1. The van der Waals surface area contributed by atoms with E-state index in [1.165, 1.54) is 4.90 Å². The molecule has 0 atom stereocenters. The van der Waals surface area contributed by atoms with Gasteiger partial charge in [-0.2, -0.15) is 0 Å². The van der Waals surface area contributed by atoms with Crippen molar-refractivity contribution in [3.8, 4) is 0 Å². The first-order valence-electron chi connectivity index (χ1n) is 5.31. The van der Waals surface area contributed by atoms with Crippen LogP contribution in [0.15, 0.2) is 24.3 Å². The van der Waals surface area contributed by atoms with Crippen LogP contribution in [0.4, 0.5) is 0 Å². The molecule has 0 heterocycles. The summed E-state index contributed by atoms with van der Waals surface area (Å²) in [7, 11) is 0. The maximum Gasteiger partial charge on any atom is 0.323 e. The third kappa shape index (κ3) is 3.99. The zero-order valence-electron chi connectivity index (χ0n) is 9.52. The maximum absolute atomic E-state index is 12.1. The molecule has 5 heteroatoms. The molecular weight excluding hydrogens is 333 g/mol. The van der Waals surface area contributed by atoms with E-state index in [1.54, 1.807) is 12.1 Å². The second-order valence-electron chi connectivity index (χ2n) is 3.60. The Kier molecular flexibility index (Phi) is 5.40. The Labute approximate surface area is 114 Å². The molecule has 0 fully saturated rings. The molecule has 1 rings (SSSR count). The van der Waals surface area contributed by atoms with Crippen molar-refractivity contribution in [1.82, 2.24) is 4.90 Å². The molecule has 1 aromatic carbocycles. The molecule has 0 spiro atoms. The van der Waals surface area contributed by atoms with E-state index in [0.29, 0.717) is 12.1 Å². The normalized spacial score (nSPS) is 10.0. The number of nitrogens with zero attached hydrogens (tertiary/aromatic N) is 1. The van der Waals surface area contributed by atoms with Crippen molar-refractivity contribution in [2.45, 2.75) is 13.3 Å². The summed E-state index contributed by atoms with van der Waals surface area (Å²) in [4.78, 5) is 24.2. The van der Waals surface area contributed by atoms with Crippen LogP contribution in [-0.4, -0.2) is 35.0 Å². The van der Waals surface area contributed by atoms with Gasteiger partial charge in [-0.1, -0.05) is 19.1 Å². The standard InChI is InChI=1S/C12H14INO3/c1-2-7-14(8-11(15)16)12(17)9-5-3-4-6-10(9)13/h3-6H,2,7-8H2,1H3,(H,15,16). The number of carbonyl (C=O) groups is 2. The molecule has 0 unspecified atom stereocenters. The summed E-state index contributed by atoms with van der Waals surface area (Å²) in [6, 6.07) is 7.17. The van der Waals surface area contributed by atoms with E-state index in [2.05, 4.69) is 22.6 Å². The van der Waals surface area contributed by atoms with Crippen molar-refractivity contribution in [3.63, 3.8) is 0 Å². The van der Waals surface area contributed by atoms with Gasteiger partial charge in [0.15, 0.2) is 0 Å². The lowest BCUT2D eigenvalue weighted by Crippen LogP contribution is -2.36. The highest BCUT2D eigenvalue weighted by Gasteiger charge is 2.19. The van der Waals surface area contributed by atoms with Crippen LogP contribution in [0.2, 0.25) is 0 Å². The molecule has 0 saturated heterocycles. The van der Waals surface area contributed by atoms with E-state index >= 15 is 0 Å². The molecular formula is C12H14INO3. The highest BCUT2D eigenvalue weighted by Crippen LogP contribution is 2.14. The van der Waals surface area contributed by atoms with Crippen LogP contribution in [-0.2, 0) is 4.79 Å². The number of hydrogen-bond donors (Lipinski definition) is 1. The van der Waals surface area contributed by atoms with E-state index in [-0.39, 0.29) is 12.5 Å². The maximum atomic E-state index is 12.1. The van der Waals surface area contributed by atoms with Gasteiger partial charge in [-0.15, -0.1) is 0 Å². The van der Waals surface area contributed by atoms with E-state index in [1.807, 2.05) is 19.1 Å². The highest BCUT2D eigenvalue weighted by molar-refractivity contribution is 14.1. The van der Waals surface area contributed by atoms with Crippen LogP contribution < -0.4 is 0 Å². The second kappa shape index (κ2) is 6.58. The van der Waals surface area contributed by atoms with Gasteiger partial charge in [0, 0.05) is 10.1 Å². The Morgan fingerprint density at radius 1 is 1.35 bits per heavy atom. The molecule has 1 N–H and O–H groups in total. The summed E-state index contributed by atoms with van der Waals surface area (Å²) in [6.07, 6.45) is 0.739. The fourth-order valence-electron chi connectivity index (χ4n) is 1.49. The van der Waals surface area contributed by atoms with E-state index in [4.69, 9.17) is 5.11 Å². The Balaban J connectivity index is 2.91. The predicted octanol–water partition coefficient (Wildman–Crippen LogP) is 2.23. The van der Waals surface area contributed by atoms with Gasteiger partial charge in [0.1, 0.15) is 6.54 Å². The topological polar surface area (TPSA) is 57.6 Å². The van der Waals surface area contributed by atoms with Gasteiger partial charge >= 0.3 is 5.97 Å². The summed E-state index contributed by atoms with van der Waals surface area (Å²) in [5.41, 5.74) is 0.558. The molecule has 0 aliphatic rings. The van der Waals surface area contributed by atoms with Crippen LogP contribution in [0.25, 0.3) is 0 Å². The number of hydrogen-bond acceptors (Lipinski definition) is 2. The number of rotatable bonds is 5. The molecule has 0 aliphatic heterocycles. The van der Waals surface area contributed by atoms with Crippen molar-refractivity contribution in [3.05, 3.63) is 33.4 Å². The number of carbonyl (C=O) groups excluding carboxylic acids is 1. The van der Waals surface area contributed by atoms with Gasteiger partial charge in [0.25, 0.3) is 5.91 Å². The van der Waals surface area contributed by atoms with Crippen molar-refractivity contribution < 1.29 is 14.7 Å². The Morgan fingerprint density at radius 2 is 2.00 bits per heavy atom. The first kappa shape index (κ1) is 14.0. The van der Waals surface area contributed by atoms with Crippen molar-refractivity contribution in [2.24, 2.45) is 0 Å². The first-order chi connectivity index (χ1) is 8.06. The summed E-state index contributed by atoms with van der Waals surface area (Å²) in [5, 5.41) is 8.78. The van der Waals surface area contributed by atoms with Gasteiger partial charge in [-0.25, -0.2) is 0 Å². The third-order valence-electron chi connectivity index (χ3n) is 2.21. The predicted molar refractivity (Wildman–Crippen MR) is 73.0 cm³/mol. The molecule has 0 aromatic heterocycles. The van der Waals surface area contributed by atoms with Crippen LogP contribution in [0.1, 0.15) is 23.7 Å². The zero-order chi connectivity index (χ0) is 12.8. The largest absolute Gasteiger partial charge is 0.480 e. The minimum atomic E-state index is -0.988. The van der Waals surface area contributed by atoms with Crippen molar-refractivity contribution in [2.75, 3.05) is 13.1 Å². The zero-order valence-corrected chi connectivity index (χ0v) is 11.7. The minimum Gasteiger partial charge on any atom is -0.480 e. The quantitative estimate of drug-likeness (QED) is 0.831.